The van der Waals surface area contributed by atoms with E-state index in [9.17, 15) is 9.90 Å². The summed E-state index contributed by atoms with van der Waals surface area (Å²) in [7, 11) is 0. The van der Waals surface area contributed by atoms with E-state index in [-0.39, 0.29) is 11.7 Å². The highest BCUT2D eigenvalue weighted by atomic mass is 16.5. The highest BCUT2D eigenvalue weighted by Crippen LogP contribution is 2.24. The van der Waals surface area contributed by atoms with Gasteiger partial charge in [-0.25, -0.2) is 0 Å². The van der Waals surface area contributed by atoms with Crippen LogP contribution in [0, 0.1) is 5.92 Å². The van der Waals surface area contributed by atoms with Crippen LogP contribution in [-0.2, 0) is 4.79 Å². The molecule has 21 heavy (non-hydrogen) atoms. The molecule has 1 amide bonds. The summed E-state index contributed by atoms with van der Waals surface area (Å²) in [6.07, 6.45) is -0.557. The van der Waals surface area contributed by atoms with Crippen LogP contribution in [0.2, 0.25) is 0 Å². The number of aromatic hydroxyl groups is 1. The maximum absolute atomic E-state index is 11.9. The Morgan fingerprint density at radius 3 is 2.57 bits per heavy atom. The molecule has 0 heterocycles. The zero-order chi connectivity index (χ0) is 15.4. The number of ether oxygens (including phenoxy) is 1. The molecule has 112 valence electrons. The van der Waals surface area contributed by atoms with Gasteiger partial charge in [0.05, 0.1) is 0 Å². The number of rotatable bonds is 5. The van der Waals surface area contributed by atoms with Gasteiger partial charge in [-0.3, -0.25) is 4.79 Å². The number of fused-ring (bicyclic) bond motifs is 1. The Hall–Kier alpha value is -2.23. The summed E-state index contributed by atoms with van der Waals surface area (Å²) < 4.78 is 5.66. The first-order valence-corrected chi connectivity index (χ1v) is 7.13. The summed E-state index contributed by atoms with van der Waals surface area (Å²) >= 11 is 0. The van der Waals surface area contributed by atoms with Gasteiger partial charge in [0.1, 0.15) is 11.5 Å². The van der Waals surface area contributed by atoms with E-state index < -0.39 is 6.10 Å². The molecule has 2 rings (SSSR count). The van der Waals surface area contributed by atoms with Crippen LogP contribution < -0.4 is 10.1 Å². The number of phenolic OH excluding ortho intramolecular Hbond substituents is 1. The van der Waals surface area contributed by atoms with Crippen molar-refractivity contribution in [2.24, 2.45) is 5.92 Å². The van der Waals surface area contributed by atoms with E-state index in [1.54, 1.807) is 19.1 Å². The number of hydrogen-bond donors (Lipinski definition) is 2. The minimum Gasteiger partial charge on any atom is -0.508 e. The number of amides is 1. The van der Waals surface area contributed by atoms with Crippen molar-refractivity contribution >= 4 is 16.7 Å². The van der Waals surface area contributed by atoms with Gasteiger partial charge in [-0.1, -0.05) is 26.0 Å². The van der Waals surface area contributed by atoms with E-state index in [2.05, 4.69) is 5.32 Å². The molecule has 0 aliphatic carbocycles. The fourth-order valence-electron chi connectivity index (χ4n) is 1.99. The summed E-state index contributed by atoms with van der Waals surface area (Å²) in [4.78, 5) is 11.9. The summed E-state index contributed by atoms with van der Waals surface area (Å²) in [6, 6.07) is 10.7. The Labute approximate surface area is 124 Å². The van der Waals surface area contributed by atoms with Crippen molar-refractivity contribution in [2.75, 3.05) is 6.54 Å². The summed E-state index contributed by atoms with van der Waals surface area (Å²) in [5.41, 5.74) is 0. The van der Waals surface area contributed by atoms with Crippen LogP contribution in [0.1, 0.15) is 20.8 Å². The standard InChI is InChI=1S/C17H21NO3/c1-11(2)10-18-17(20)12(3)21-16-7-5-13-4-6-15(19)8-14(13)9-16/h4-9,11-12,19H,10H2,1-3H3,(H,18,20). The zero-order valence-electron chi connectivity index (χ0n) is 12.6. The van der Waals surface area contributed by atoms with Gasteiger partial charge in [-0.15, -0.1) is 0 Å². The topological polar surface area (TPSA) is 58.6 Å². The van der Waals surface area contributed by atoms with Crippen molar-refractivity contribution in [1.29, 1.82) is 0 Å². The van der Waals surface area contributed by atoms with Crippen molar-refractivity contribution < 1.29 is 14.6 Å². The first kappa shape index (κ1) is 15.2. The van der Waals surface area contributed by atoms with Crippen LogP contribution in [-0.4, -0.2) is 23.7 Å². The first-order chi connectivity index (χ1) is 9.95. The van der Waals surface area contributed by atoms with Gasteiger partial charge >= 0.3 is 0 Å². The van der Waals surface area contributed by atoms with Gasteiger partial charge < -0.3 is 15.2 Å². The molecule has 1 atom stereocenters. The molecule has 0 saturated heterocycles. The second kappa shape index (κ2) is 6.48. The molecule has 0 aliphatic rings. The molecule has 0 aliphatic heterocycles. The van der Waals surface area contributed by atoms with Crippen LogP contribution in [0.4, 0.5) is 0 Å². The van der Waals surface area contributed by atoms with E-state index in [1.807, 2.05) is 38.1 Å². The Morgan fingerprint density at radius 1 is 1.14 bits per heavy atom. The third-order valence-corrected chi connectivity index (χ3v) is 3.16. The Kier molecular flexibility index (Phi) is 4.68. The van der Waals surface area contributed by atoms with Gasteiger partial charge in [-0.2, -0.15) is 0 Å². The van der Waals surface area contributed by atoms with E-state index in [1.165, 1.54) is 0 Å². The smallest absolute Gasteiger partial charge is 0.260 e. The van der Waals surface area contributed by atoms with Crippen LogP contribution in [0.3, 0.4) is 0 Å². The molecule has 1 unspecified atom stereocenters. The Bertz CT molecular complexity index is 637. The molecule has 0 fully saturated rings. The van der Waals surface area contributed by atoms with E-state index in [0.29, 0.717) is 18.2 Å². The maximum Gasteiger partial charge on any atom is 0.260 e. The molecule has 0 bridgehead atoms. The minimum atomic E-state index is -0.557. The Morgan fingerprint density at radius 2 is 1.86 bits per heavy atom. The van der Waals surface area contributed by atoms with Gasteiger partial charge in [-0.05, 0) is 47.9 Å². The fourth-order valence-corrected chi connectivity index (χ4v) is 1.99. The largest absolute Gasteiger partial charge is 0.508 e. The number of carbonyl (C=O) groups excluding carboxylic acids is 1. The zero-order valence-corrected chi connectivity index (χ0v) is 12.6. The number of carbonyl (C=O) groups is 1. The molecule has 2 aromatic carbocycles. The first-order valence-electron chi connectivity index (χ1n) is 7.13. The molecule has 4 heteroatoms. The van der Waals surface area contributed by atoms with Crippen molar-refractivity contribution in [3.63, 3.8) is 0 Å². The van der Waals surface area contributed by atoms with Crippen molar-refractivity contribution in [3.05, 3.63) is 36.4 Å². The summed E-state index contributed by atoms with van der Waals surface area (Å²) in [5, 5.41) is 14.2. The average molecular weight is 287 g/mol. The normalized spacial score (nSPS) is 12.4. The summed E-state index contributed by atoms with van der Waals surface area (Å²) in [6.45, 7) is 6.45. The van der Waals surface area contributed by atoms with Gasteiger partial charge in [0.25, 0.3) is 5.91 Å². The van der Waals surface area contributed by atoms with Crippen LogP contribution >= 0.6 is 0 Å². The van der Waals surface area contributed by atoms with Crippen molar-refractivity contribution in [2.45, 2.75) is 26.9 Å². The Balaban J connectivity index is 2.06. The second-order valence-electron chi connectivity index (χ2n) is 5.59. The lowest BCUT2D eigenvalue weighted by Gasteiger charge is -2.16. The molecular weight excluding hydrogens is 266 g/mol. The van der Waals surface area contributed by atoms with Crippen LogP contribution in [0.25, 0.3) is 10.8 Å². The molecule has 0 spiro atoms. The highest BCUT2D eigenvalue weighted by molar-refractivity contribution is 5.85. The van der Waals surface area contributed by atoms with E-state index in [4.69, 9.17) is 4.74 Å². The number of hydrogen-bond acceptors (Lipinski definition) is 3. The molecule has 0 saturated carbocycles. The van der Waals surface area contributed by atoms with Crippen LogP contribution in [0.15, 0.2) is 36.4 Å². The van der Waals surface area contributed by atoms with Gasteiger partial charge in [0, 0.05) is 6.54 Å². The van der Waals surface area contributed by atoms with Gasteiger partial charge in [0.2, 0.25) is 0 Å². The number of phenols is 1. The second-order valence-corrected chi connectivity index (χ2v) is 5.59. The lowest BCUT2D eigenvalue weighted by atomic mass is 10.1. The molecule has 0 radical (unpaired) electrons. The maximum atomic E-state index is 11.9. The number of nitrogens with one attached hydrogen (secondary N) is 1. The average Bonchev–Trinajstić information content (AvgIpc) is 2.44. The molecule has 2 aromatic rings. The quantitative estimate of drug-likeness (QED) is 0.888. The third-order valence-electron chi connectivity index (χ3n) is 3.16. The summed E-state index contributed by atoms with van der Waals surface area (Å²) in [5.74, 6) is 1.10. The molecular formula is C17H21NO3. The lowest BCUT2D eigenvalue weighted by Crippen LogP contribution is -2.38. The fraction of sp³-hybridized carbons (Fsp3) is 0.353. The van der Waals surface area contributed by atoms with E-state index >= 15 is 0 Å². The molecule has 2 N–H and O–H groups in total. The predicted molar refractivity (Wildman–Crippen MR) is 83.6 cm³/mol. The highest BCUT2D eigenvalue weighted by Gasteiger charge is 2.14. The van der Waals surface area contributed by atoms with E-state index in [0.717, 1.165) is 10.8 Å². The van der Waals surface area contributed by atoms with Crippen molar-refractivity contribution in [3.8, 4) is 11.5 Å². The SMILES string of the molecule is CC(C)CNC(=O)C(C)Oc1ccc2ccc(O)cc2c1. The monoisotopic (exact) mass is 287 g/mol. The molecule has 4 nitrogen and oxygen atoms in total. The number of benzene rings is 2. The van der Waals surface area contributed by atoms with Crippen molar-refractivity contribution in [1.82, 2.24) is 5.32 Å². The van der Waals surface area contributed by atoms with Gasteiger partial charge in [0.15, 0.2) is 6.10 Å². The predicted octanol–water partition coefficient (Wildman–Crippen LogP) is 3.08. The minimum absolute atomic E-state index is 0.125. The molecule has 0 aromatic heterocycles. The lowest BCUT2D eigenvalue weighted by molar-refractivity contribution is -0.127. The third kappa shape index (κ3) is 4.12. The van der Waals surface area contributed by atoms with Crippen LogP contribution in [0.5, 0.6) is 11.5 Å².